The molecule has 3 N–H and O–H groups in total. The summed E-state index contributed by atoms with van der Waals surface area (Å²) >= 11 is 8.71. The number of hydrogen-bond donors (Lipinski definition) is 3. The Morgan fingerprint density at radius 3 is 2.13 bits per heavy atom. The highest BCUT2D eigenvalue weighted by Crippen LogP contribution is 2.15. The molecule has 0 aromatic heterocycles. The minimum absolute atomic E-state index is 0.190. The minimum Gasteiger partial charge on any atom is -0.497 e. The third-order valence-corrected chi connectivity index (χ3v) is 5.07. The molecule has 8 heteroatoms. The molecule has 0 aliphatic heterocycles. The van der Waals surface area contributed by atoms with E-state index in [0.717, 1.165) is 4.47 Å². The average Bonchev–Trinajstić information content (AvgIpc) is 2.79. The molecule has 1 atom stereocenters. The van der Waals surface area contributed by atoms with Gasteiger partial charge in [-0.05, 0) is 60.7 Å². The smallest absolute Gasteiger partial charge is 0.253 e. The summed E-state index contributed by atoms with van der Waals surface area (Å²) in [6.45, 7) is 0. The number of anilines is 1. The van der Waals surface area contributed by atoms with Crippen LogP contribution >= 0.6 is 28.1 Å². The molecule has 0 saturated heterocycles. The summed E-state index contributed by atoms with van der Waals surface area (Å²) in [7, 11) is 1.59. The SMILES string of the molecule is COc1ccc(NC(=S)N[C@H](NC(=O)c2ccc(Br)cc2)C(=O)c2ccccc2)cc1. The van der Waals surface area contributed by atoms with Crippen molar-refractivity contribution < 1.29 is 14.3 Å². The lowest BCUT2D eigenvalue weighted by Crippen LogP contribution is -2.53. The summed E-state index contributed by atoms with van der Waals surface area (Å²) in [6.07, 6.45) is -1.06. The fourth-order valence-electron chi connectivity index (χ4n) is 2.72. The van der Waals surface area contributed by atoms with Gasteiger partial charge in [0.15, 0.2) is 11.3 Å². The second-order valence-corrected chi connectivity index (χ2v) is 7.79. The number of Topliss-reactive ketones (excluding diaryl/α,β-unsaturated/α-hetero) is 1. The van der Waals surface area contributed by atoms with E-state index in [1.165, 1.54) is 0 Å². The minimum atomic E-state index is -1.06. The fraction of sp³-hybridized carbons (Fsp3) is 0.0870. The molecule has 0 aliphatic carbocycles. The second-order valence-electron chi connectivity index (χ2n) is 6.47. The number of hydrogen-bond acceptors (Lipinski definition) is 4. The molecule has 6 nitrogen and oxygen atoms in total. The Morgan fingerprint density at radius 2 is 1.52 bits per heavy atom. The molecule has 0 fully saturated rings. The predicted octanol–water partition coefficient (Wildman–Crippen LogP) is 4.38. The van der Waals surface area contributed by atoms with Crippen molar-refractivity contribution in [3.8, 4) is 5.75 Å². The Bertz CT molecular complexity index is 1060. The molecule has 3 aromatic carbocycles. The third kappa shape index (κ3) is 6.37. The van der Waals surface area contributed by atoms with Crippen LogP contribution in [0.1, 0.15) is 20.7 Å². The molecule has 0 heterocycles. The molecule has 1 amide bonds. The van der Waals surface area contributed by atoms with Crippen LogP contribution in [0.5, 0.6) is 5.75 Å². The monoisotopic (exact) mass is 497 g/mol. The van der Waals surface area contributed by atoms with Gasteiger partial charge in [-0.2, -0.15) is 0 Å². The number of carbonyl (C=O) groups excluding carboxylic acids is 2. The predicted molar refractivity (Wildman–Crippen MR) is 129 cm³/mol. The summed E-state index contributed by atoms with van der Waals surface area (Å²) in [5.41, 5.74) is 1.58. The van der Waals surface area contributed by atoms with Crippen molar-refractivity contribution >= 4 is 50.6 Å². The van der Waals surface area contributed by atoms with Gasteiger partial charge < -0.3 is 20.7 Å². The Balaban J connectivity index is 1.75. The van der Waals surface area contributed by atoms with Crippen molar-refractivity contribution in [3.05, 3.63) is 94.5 Å². The zero-order chi connectivity index (χ0) is 22.2. The highest BCUT2D eigenvalue weighted by Gasteiger charge is 2.23. The highest BCUT2D eigenvalue weighted by atomic mass is 79.9. The number of halogens is 1. The summed E-state index contributed by atoms with van der Waals surface area (Å²) in [5, 5.41) is 8.82. The molecule has 0 spiro atoms. The van der Waals surface area contributed by atoms with Crippen LogP contribution in [0.4, 0.5) is 5.69 Å². The molecule has 31 heavy (non-hydrogen) atoms. The van der Waals surface area contributed by atoms with E-state index in [1.54, 1.807) is 79.9 Å². The average molecular weight is 498 g/mol. The standard InChI is InChI=1S/C23H20BrN3O3S/c1-30-19-13-11-18(12-14-19)25-23(31)27-21(20(28)15-5-3-2-4-6-15)26-22(29)16-7-9-17(24)10-8-16/h2-14,21H,1H3,(H,26,29)(H2,25,27,31)/t21-/m0/s1. The molecule has 3 aromatic rings. The quantitative estimate of drug-likeness (QED) is 0.255. The molecule has 3 rings (SSSR count). The Labute approximate surface area is 194 Å². The zero-order valence-electron chi connectivity index (χ0n) is 16.6. The molecule has 0 aliphatic rings. The maximum absolute atomic E-state index is 13.0. The lowest BCUT2D eigenvalue weighted by atomic mass is 10.1. The highest BCUT2D eigenvalue weighted by molar-refractivity contribution is 9.10. The van der Waals surface area contributed by atoms with Gasteiger partial charge in [0.1, 0.15) is 5.75 Å². The summed E-state index contributed by atoms with van der Waals surface area (Å²) in [6, 6.07) is 22.7. The molecule has 0 saturated carbocycles. The topological polar surface area (TPSA) is 79.5 Å². The number of benzene rings is 3. The van der Waals surface area contributed by atoms with E-state index < -0.39 is 12.1 Å². The first kappa shape index (κ1) is 22.5. The first-order valence-electron chi connectivity index (χ1n) is 9.33. The van der Waals surface area contributed by atoms with Gasteiger partial charge in [-0.1, -0.05) is 46.3 Å². The van der Waals surface area contributed by atoms with Crippen molar-refractivity contribution in [1.29, 1.82) is 0 Å². The van der Waals surface area contributed by atoms with Gasteiger partial charge in [0.2, 0.25) is 5.78 Å². The largest absolute Gasteiger partial charge is 0.497 e. The lowest BCUT2D eigenvalue weighted by Gasteiger charge is -2.21. The first-order valence-corrected chi connectivity index (χ1v) is 10.5. The van der Waals surface area contributed by atoms with Crippen LogP contribution in [0.15, 0.2) is 83.3 Å². The zero-order valence-corrected chi connectivity index (χ0v) is 19.0. The van der Waals surface area contributed by atoms with Crippen LogP contribution in [0.2, 0.25) is 0 Å². The van der Waals surface area contributed by atoms with Crippen LogP contribution < -0.4 is 20.7 Å². The number of methoxy groups -OCH3 is 1. The van der Waals surface area contributed by atoms with Gasteiger partial charge in [-0.15, -0.1) is 0 Å². The molecule has 0 radical (unpaired) electrons. The molecule has 0 unspecified atom stereocenters. The fourth-order valence-corrected chi connectivity index (χ4v) is 3.22. The van der Waals surface area contributed by atoms with E-state index in [-0.39, 0.29) is 10.9 Å². The second kappa shape index (κ2) is 10.7. The Kier molecular flexibility index (Phi) is 7.75. The first-order chi connectivity index (χ1) is 15.0. The van der Waals surface area contributed by atoms with Crippen LogP contribution in [-0.4, -0.2) is 30.1 Å². The molecule has 0 bridgehead atoms. The number of thiocarbonyl (C=S) groups is 1. The maximum atomic E-state index is 13.0. The molecular formula is C23H20BrN3O3S. The van der Waals surface area contributed by atoms with Gasteiger partial charge in [0, 0.05) is 21.3 Å². The summed E-state index contributed by atoms with van der Waals surface area (Å²) in [4.78, 5) is 25.8. The van der Waals surface area contributed by atoms with E-state index in [0.29, 0.717) is 22.6 Å². The van der Waals surface area contributed by atoms with Crippen molar-refractivity contribution in [3.63, 3.8) is 0 Å². The van der Waals surface area contributed by atoms with Crippen molar-refractivity contribution in [2.24, 2.45) is 0 Å². The lowest BCUT2D eigenvalue weighted by molar-refractivity contribution is 0.0850. The summed E-state index contributed by atoms with van der Waals surface area (Å²) < 4.78 is 5.99. The van der Waals surface area contributed by atoms with Crippen molar-refractivity contribution in [1.82, 2.24) is 10.6 Å². The normalized spacial score (nSPS) is 11.2. The van der Waals surface area contributed by atoms with Crippen LogP contribution in [0.3, 0.4) is 0 Å². The number of rotatable bonds is 7. The van der Waals surface area contributed by atoms with E-state index in [2.05, 4.69) is 31.9 Å². The van der Waals surface area contributed by atoms with Gasteiger partial charge in [0.05, 0.1) is 7.11 Å². The Morgan fingerprint density at radius 1 is 0.871 bits per heavy atom. The van der Waals surface area contributed by atoms with Crippen LogP contribution in [0, 0.1) is 0 Å². The van der Waals surface area contributed by atoms with E-state index in [9.17, 15) is 9.59 Å². The Hall–Kier alpha value is -3.23. The number of ether oxygens (including phenoxy) is 1. The summed E-state index contributed by atoms with van der Waals surface area (Å²) in [5.74, 6) is -0.00482. The molecular weight excluding hydrogens is 478 g/mol. The van der Waals surface area contributed by atoms with Crippen molar-refractivity contribution in [2.45, 2.75) is 6.17 Å². The van der Waals surface area contributed by atoms with Gasteiger partial charge in [-0.25, -0.2) is 0 Å². The van der Waals surface area contributed by atoms with Crippen LogP contribution in [0.25, 0.3) is 0 Å². The molecule has 158 valence electrons. The number of ketones is 1. The number of carbonyl (C=O) groups is 2. The van der Waals surface area contributed by atoms with Gasteiger partial charge >= 0.3 is 0 Å². The van der Waals surface area contributed by atoms with Crippen LogP contribution in [-0.2, 0) is 0 Å². The van der Waals surface area contributed by atoms with E-state index >= 15 is 0 Å². The number of nitrogens with one attached hydrogen (secondary N) is 3. The number of amides is 1. The van der Waals surface area contributed by atoms with Gasteiger partial charge in [0.25, 0.3) is 5.91 Å². The van der Waals surface area contributed by atoms with E-state index in [4.69, 9.17) is 17.0 Å². The third-order valence-electron chi connectivity index (χ3n) is 4.33. The van der Waals surface area contributed by atoms with Crippen molar-refractivity contribution in [2.75, 3.05) is 12.4 Å². The van der Waals surface area contributed by atoms with Gasteiger partial charge in [-0.3, -0.25) is 9.59 Å². The maximum Gasteiger partial charge on any atom is 0.253 e. The van der Waals surface area contributed by atoms with E-state index in [1.807, 2.05) is 6.07 Å².